The SMILES string of the molecule is CN(Cc1cccc(F)c1)c1nc(Cl)c(Cl)cc1Cl. The maximum absolute atomic E-state index is 13.1. The molecule has 0 bridgehead atoms. The number of anilines is 1. The van der Waals surface area contributed by atoms with Gasteiger partial charge in [-0.05, 0) is 23.8 Å². The van der Waals surface area contributed by atoms with Crippen molar-refractivity contribution in [3.63, 3.8) is 0 Å². The molecule has 1 aromatic heterocycles. The monoisotopic (exact) mass is 318 g/mol. The number of aromatic nitrogens is 1. The van der Waals surface area contributed by atoms with Gasteiger partial charge in [0.15, 0.2) is 0 Å². The number of nitrogens with zero attached hydrogens (tertiary/aromatic N) is 2. The van der Waals surface area contributed by atoms with Crippen LogP contribution in [0.3, 0.4) is 0 Å². The highest BCUT2D eigenvalue weighted by Gasteiger charge is 2.12. The molecule has 2 aromatic rings. The molecule has 0 aliphatic carbocycles. The smallest absolute Gasteiger partial charge is 0.150 e. The van der Waals surface area contributed by atoms with Gasteiger partial charge < -0.3 is 4.90 Å². The summed E-state index contributed by atoms with van der Waals surface area (Å²) in [6.45, 7) is 0.461. The molecule has 0 saturated heterocycles. The Morgan fingerprint density at radius 2 is 1.89 bits per heavy atom. The van der Waals surface area contributed by atoms with Crippen LogP contribution in [0.2, 0.25) is 15.2 Å². The van der Waals surface area contributed by atoms with Crippen LogP contribution in [-0.4, -0.2) is 12.0 Å². The van der Waals surface area contributed by atoms with Gasteiger partial charge in [-0.3, -0.25) is 0 Å². The number of halogens is 4. The Labute approximate surface area is 125 Å². The average Bonchev–Trinajstić information content (AvgIpc) is 2.33. The number of rotatable bonds is 3. The van der Waals surface area contributed by atoms with Gasteiger partial charge in [0.2, 0.25) is 0 Å². The summed E-state index contributed by atoms with van der Waals surface area (Å²) >= 11 is 17.8. The zero-order valence-corrected chi connectivity index (χ0v) is 12.3. The lowest BCUT2D eigenvalue weighted by Gasteiger charge is -2.20. The molecule has 19 heavy (non-hydrogen) atoms. The minimum atomic E-state index is -0.279. The molecule has 0 spiro atoms. The highest BCUT2D eigenvalue weighted by Crippen LogP contribution is 2.31. The van der Waals surface area contributed by atoms with Gasteiger partial charge in [-0.15, -0.1) is 0 Å². The molecular formula is C13H10Cl3FN2. The molecule has 2 nitrogen and oxygen atoms in total. The molecule has 0 aliphatic rings. The van der Waals surface area contributed by atoms with Crippen molar-refractivity contribution in [2.45, 2.75) is 6.54 Å². The first-order chi connectivity index (χ1) is 8.97. The summed E-state index contributed by atoms with van der Waals surface area (Å²) in [5.74, 6) is 0.222. The Hall–Kier alpha value is -1.03. The fourth-order valence-electron chi connectivity index (χ4n) is 1.69. The lowest BCUT2D eigenvalue weighted by atomic mass is 10.2. The van der Waals surface area contributed by atoms with Crippen LogP contribution in [0.1, 0.15) is 5.56 Å². The van der Waals surface area contributed by atoms with E-state index in [4.69, 9.17) is 34.8 Å². The molecule has 0 aliphatic heterocycles. The molecule has 100 valence electrons. The number of hydrogen-bond donors (Lipinski definition) is 0. The Kier molecular flexibility index (Phi) is 4.50. The van der Waals surface area contributed by atoms with Gasteiger partial charge in [-0.25, -0.2) is 9.37 Å². The Morgan fingerprint density at radius 1 is 1.16 bits per heavy atom. The molecule has 0 saturated carbocycles. The van der Waals surface area contributed by atoms with Crippen LogP contribution in [0, 0.1) is 5.82 Å². The fourth-order valence-corrected chi connectivity index (χ4v) is 2.32. The third-order valence-corrected chi connectivity index (χ3v) is 3.49. The fraction of sp³-hybridized carbons (Fsp3) is 0.154. The third kappa shape index (κ3) is 3.50. The lowest BCUT2D eigenvalue weighted by molar-refractivity contribution is 0.625. The molecular weight excluding hydrogens is 310 g/mol. The Bertz CT molecular complexity index is 604. The van der Waals surface area contributed by atoms with Crippen molar-refractivity contribution >= 4 is 40.6 Å². The first-order valence-corrected chi connectivity index (χ1v) is 6.58. The van der Waals surface area contributed by atoms with Crippen molar-refractivity contribution in [3.8, 4) is 0 Å². The summed E-state index contributed by atoms with van der Waals surface area (Å²) in [6, 6.07) is 7.87. The van der Waals surface area contributed by atoms with Gasteiger partial charge in [0.25, 0.3) is 0 Å². The molecule has 0 unspecified atom stereocenters. The van der Waals surface area contributed by atoms with E-state index < -0.39 is 0 Å². The van der Waals surface area contributed by atoms with E-state index in [0.29, 0.717) is 22.4 Å². The van der Waals surface area contributed by atoms with E-state index >= 15 is 0 Å². The van der Waals surface area contributed by atoms with Gasteiger partial charge in [0.05, 0.1) is 10.0 Å². The predicted molar refractivity (Wildman–Crippen MR) is 77.8 cm³/mol. The zero-order valence-electron chi connectivity index (χ0n) is 10.0. The Morgan fingerprint density at radius 3 is 2.58 bits per heavy atom. The summed E-state index contributed by atoms with van der Waals surface area (Å²) < 4.78 is 13.1. The molecule has 0 radical (unpaired) electrons. The first kappa shape index (κ1) is 14.4. The molecule has 0 atom stereocenters. The number of benzene rings is 1. The molecule has 0 N–H and O–H groups in total. The highest BCUT2D eigenvalue weighted by atomic mass is 35.5. The molecule has 1 aromatic carbocycles. The van der Waals surface area contributed by atoms with Crippen LogP contribution < -0.4 is 4.90 Å². The van der Waals surface area contributed by atoms with Crippen molar-refractivity contribution in [1.29, 1.82) is 0 Å². The van der Waals surface area contributed by atoms with E-state index in [1.165, 1.54) is 18.2 Å². The third-order valence-electron chi connectivity index (χ3n) is 2.54. The van der Waals surface area contributed by atoms with Gasteiger partial charge in [0, 0.05) is 13.6 Å². The first-order valence-electron chi connectivity index (χ1n) is 5.44. The van der Waals surface area contributed by atoms with E-state index in [2.05, 4.69) is 4.98 Å². The summed E-state index contributed by atoms with van der Waals surface area (Å²) in [4.78, 5) is 5.90. The highest BCUT2D eigenvalue weighted by molar-refractivity contribution is 6.42. The zero-order chi connectivity index (χ0) is 14.0. The standard InChI is InChI=1S/C13H10Cl3FN2/c1-19(7-8-3-2-4-9(17)5-8)13-11(15)6-10(14)12(16)18-13/h2-6H,7H2,1H3. The maximum Gasteiger partial charge on any atom is 0.150 e. The van der Waals surface area contributed by atoms with Crippen LogP contribution in [-0.2, 0) is 6.54 Å². The van der Waals surface area contributed by atoms with E-state index in [1.807, 2.05) is 6.07 Å². The minimum absolute atomic E-state index is 0.187. The number of pyridine rings is 1. The predicted octanol–water partition coefficient (Wildman–Crippen LogP) is 4.82. The van der Waals surface area contributed by atoms with Crippen LogP contribution in [0.5, 0.6) is 0 Å². The normalized spacial score (nSPS) is 10.6. The molecule has 1 heterocycles. The van der Waals surface area contributed by atoms with Crippen molar-refractivity contribution < 1.29 is 4.39 Å². The van der Waals surface area contributed by atoms with Crippen molar-refractivity contribution in [2.24, 2.45) is 0 Å². The van der Waals surface area contributed by atoms with Crippen molar-refractivity contribution in [1.82, 2.24) is 4.98 Å². The van der Waals surface area contributed by atoms with E-state index in [9.17, 15) is 4.39 Å². The summed E-state index contributed by atoms with van der Waals surface area (Å²) in [7, 11) is 1.79. The molecule has 2 rings (SSSR count). The van der Waals surface area contributed by atoms with Crippen molar-refractivity contribution in [3.05, 3.63) is 56.9 Å². The topological polar surface area (TPSA) is 16.1 Å². The van der Waals surface area contributed by atoms with Crippen molar-refractivity contribution in [2.75, 3.05) is 11.9 Å². The van der Waals surface area contributed by atoms with Crippen LogP contribution in [0.15, 0.2) is 30.3 Å². The van der Waals surface area contributed by atoms with E-state index in [0.717, 1.165) is 5.56 Å². The van der Waals surface area contributed by atoms with Crippen LogP contribution in [0.4, 0.5) is 10.2 Å². The molecule has 0 fully saturated rings. The van der Waals surface area contributed by atoms with Gasteiger partial charge >= 0.3 is 0 Å². The quantitative estimate of drug-likeness (QED) is 0.754. The average molecular weight is 320 g/mol. The van der Waals surface area contributed by atoms with Gasteiger partial charge in [-0.1, -0.05) is 46.9 Å². The Balaban J connectivity index is 2.25. The lowest BCUT2D eigenvalue weighted by Crippen LogP contribution is -2.18. The molecule has 6 heteroatoms. The molecule has 0 amide bonds. The maximum atomic E-state index is 13.1. The second-order valence-corrected chi connectivity index (χ2v) is 5.22. The largest absolute Gasteiger partial charge is 0.354 e. The second kappa shape index (κ2) is 5.95. The number of hydrogen-bond acceptors (Lipinski definition) is 2. The van der Waals surface area contributed by atoms with E-state index in [1.54, 1.807) is 18.0 Å². The second-order valence-electron chi connectivity index (χ2n) is 4.05. The van der Waals surface area contributed by atoms with Crippen LogP contribution in [0.25, 0.3) is 0 Å². The van der Waals surface area contributed by atoms with Gasteiger partial charge in [0.1, 0.15) is 16.8 Å². The van der Waals surface area contributed by atoms with Gasteiger partial charge in [-0.2, -0.15) is 0 Å². The summed E-state index contributed by atoms with van der Waals surface area (Å²) in [5, 5.41) is 0.884. The summed E-state index contributed by atoms with van der Waals surface area (Å²) in [5.41, 5.74) is 0.812. The summed E-state index contributed by atoms with van der Waals surface area (Å²) in [6.07, 6.45) is 0. The van der Waals surface area contributed by atoms with Crippen LogP contribution >= 0.6 is 34.8 Å². The minimum Gasteiger partial charge on any atom is -0.354 e. The van der Waals surface area contributed by atoms with E-state index in [-0.39, 0.29) is 11.0 Å².